The maximum Gasteiger partial charge on any atom is 0.0705 e. The molecule has 4 heteroatoms. The van der Waals surface area contributed by atoms with Crippen LogP contribution in [0.4, 0.5) is 0 Å². The van der Waals surface area contributed by atoms with Crippen LogP contribution in [0.25, 0.3) is 10.9 Å². The smallest absolute Gasteiger partial charge is 0.0705 e. The van der Waals surface area contributed by atoms with E-state index in [-0.39, 0.29) is 6.04 Å². The Morgan fingerprint density at radius 3 is 2.79 bits per heavy atom. The maximum absolute atomic E-state index is 5.73. The number of rotatable bonds is 6. The Balaban J connectivity index is 2.20. The van der Waals surface area contributed by atoms with Crippen LogP contribution in [0.15, 0.2) is 36.5 Å². The minimum absolute atomic E-state index is 0.164. The normalized spacial score (nSPS) is 13.1. The molecule has 0 saturated heterocycles. The van der Waals surface area contributed by atoms with Crippen LogP contribution < -0.4 is 11.3 Å². The maximum atomic E-state index is 5.73. The lowest BCUT2D eigenvalue weighted by atomic mass is 10.0. The molecule has 0 spiro atoms. The van der Waals surface area contributed by atoms with Gasteiger partial charge in [-0.05, 0) is 29.4 Å². The van der Waals surface area contributed by atoms with Crippen molar-refractivity contribution >= 4 is 22.7 Å². The number of thioether (sulfide) groups is 1. The third kappa shape index (κ3) is 3.69. The molecule has 1 atom stereocenters. The fourth-order valence-corrected chi connectivity index (χ4v) is 3.20. The zero-order valence-electron chi connectivity index (χ0n) is 11.5. The Hall–Kier alpha value is -1.10. The largest absolute Gasteiger partial charge is 0.271 e. The van der Waals surface area contributed by atoms with E-state index in [2.05, 4.69) is 36.4 Å². The summed E-state index contributed by atoms with van der Waals surface area (Å²) in [5, 5.41) is 1.18. The van der Waals surface area contributed by atoms with Crippen LogP contribution in [0.1, 0.15) is 25.5 Å². The molecule has 0 radical (unpaired) electrons. The molecule has 102 valence electrons. The molecule has 0 amide bonds. The van der Waals surface area contributed by atoms with E-state index in [9.17, 15) is 0 Å². The van der Waals surface area contributed by atoms with Gasteiger partial charge in [-0.2, -0.15) is 11.8 Å². The van der Waals surface area contributed by atoms with Gasteiger partial charge >= 0.3 is 0 Å². The molecule has 0 bridgehead atoms. The van der Waals surface area contributed by atoms with Crippen molar-refractivity contribution in [1.29, 1.82) is 0 Å². The molecule has 0 aliphatic carbocycles. The molecule has 1 unspecified atom stereocenters. The summed E-state index contributed by atoms with van der Waals surface area (Å²) >= 11 is 1.93. The van der Waals surface area contributed by atoms with E-state index in [1.165, 1.54) is 10.9 Å². The van der Waals surface area contributed by atoms with E-state index in [0.717, 1.165) is 17.0 Å². The Labute approximate surface area is 119 Å². The summed E-state index contributed by atoms with van der Waals surface area (Å²) in [6, 6.07) is 10.5. The summed E-state index contributed by atoms with van der Waals surface area (Å²) in [6.07, 6.45) is 1.82. The van der Waals surface area contributed by atoms with Gasteiger partial charge in [-0.3, -0.25) is 16.3 Å². The van der Waals surface area contributed by atoms with E-state index in [1.807, 2.05) is 36.2 Å². The predicted octanol–water partition coefficient (Wildman–Crippen LogP) is 3.13. The number of nitrogens with one attached hydrogen (secondary N) is 1. The number of aromatic nitrogens is 1. The summed E-state index contributed by atoms with van der Waals surface area (Å²) in [5.74, 6) is 8.56. The fraction of sp³-hybridized carbons (Fsp3) is 0.400. The first kappa shape index (κ1) is 14.3. The Kier molecular flexibility index (Phi) is 5.19. The van der Waals surface area contributed by atoms with Crippen LogP contribution in [-0.4, -0.2) is 16.5 Å². The summed E-state index contributed by atoms with van der Waals surface area (Å²) < 4.78 is 0. The van der Waals surface area contributed by atoms with Gasteiger partial charge < -0.3 is 0 Å². The van der Waals surface area contributed by atoms with Gasteiger partial charge in [0.25, 0.3) is 0 Å². The van der Waals surface area contributed by atoms with Crippen molar-refractivity contribution in [2.75, 3.05) is 11.5 Å². The molecular weight excluding hydrogens is 254 g/mol. The Morgan fingerprint density at radius 1 is 1.21 bits per heavy atom. The predicted molar refractivity (Wildman–Crippen MR) is 84.0 cm³/mol. The number of fused-ring (bicyclic) bond motifs is 1. The zero-order valence-corrected chi connectivity index (χ0v) is 12.3. The molecule has 1 heterocycles. The lowest BCUT2D eigenvalue weighted by Gasteiger charge is -2.18. The second-order valence-electron chi connectivity index (χ2n) is 5.07. The Morgan fingerprint density at radius 2 is 2.05 bits per heavy atom. The second kappa shape index (κ2) is 6.89. The summed E-state index contributed by atoms with van der Waals surface area (Å²) in [6.45, 7) is 4.47. The minimum Gasteiger partial charge on any atom is -0.271 e. The number of nitrogens with zero attached hydrogens (tertiary/aromatic N) is 1. The molecule has 2 aromatic rings. The van der Waals surface area contributed by atoms with Gasteiger partial charge in [0.05, 0.1) is 11.6 Å². The molecular formula is C15H21N3S. The minimum atomic E-state index is 0.164. The van der Waals surface area contributed by atoms with Crippen molar-refractivity contribution in [2.24, 2.45) is 11.8 Å². The molecule has 0 aliphatic rings. The third-order valence-corrected chi connectivity index (χ3v) is 4.46. The van der Waals surface area contributed by atoms with Crippen molar-refractivity contribution in [3.05, 3.63) is 42.1 Å². The van der Waals surface area contributed by atoms with Crippen LogP contribution in [0.2, 0.25) is 0 Å². The van der Waals surface area contributed by atoms with Crippen molar-refractivity contribution < 1.29 is 0 Å². The lowest BCUT2D eigenvalue weighted by Crippen LogP contribution is -2.30. The van der Waals surface area contributed by atoms with E-state index in [0.29, 0.717) is 5.92 Å². The molecule has 0 aliphatic heterocycles. The molecule has 0 saturated carbocycles. The summed E-state index contributed by atoms with van der Waals surface area (Å²) in [4.78, 5) is 4.39. The van der Waals surface area contributed by atoms with Crippen LogP contribution >= 0.6 is 11.8 Å². The zero-order chi connectivity index (χ0) is 13.7. The van der Waals surface area contributed by atoms with Gasteiger partial charge in [-0.1, -0.05) is 32.0 Å². The van der Waals surface area contributed by atoms with Crippen molar-refractivity contribution in [2.45, 2.75) is 19.9 Å². The highest BCUT2D eigenvalue weighted by atomic mass is 32.2. The molecule has 0 fully saturated rings. The average molecular weight is 275 g/mol. The molecule has 19 heavy (non-hydrogen) atoms. The van der Waals surface area contributed by atoms with Gasteiger partial charge in [0.2, 0.25) is 0 Å². The topological polar surface area (TPSA) is 50.9 Å². The molecule has 1 aromatic heterocycles. The van der Waals surface area contributed by atoms with Crippen LogP contribution in [-0.2, 0) is 0 Å². The number of benzene rings is 1. The standard InChI is InChI=1S/C15H21N3S/c1-11(2)9-19-10-15(18-16)13-5-3-7-14-12(13)6-4-8-17-14/h3-8,11,15,18H,9-10,16H2,1-2H3. The van der Waals surface area contributed by atoms with Crippen molar-refractivity contribution in [3.8, 4) is 0 Å². The second-order valence-corrected chi connectivity index (χ2v) is 6.14. The number of hydrogen-bond donors (Lipinski definition) is 2. The SMILES string of the molecule is CC(C)CSCC(NN)c1cccc2ncccc12. The number of hydrazine groups is 1. The van der Waals surface area contributed by atoms with Gasteiger partial charge in [0.15, 0.2) is 0 Å². The highest BCUT2D eigenvalue weighted by Gasteiger charge is 2.13. The van der Waals surface area contributed by atoms with Gasteiger partial charge in [0.1, 0.15) is 0 Å². The molecule has 1 aromatic carbocycles. The average Bonchev–Trinajstić information content (AvgIpc) is 2.43. The number of hydrogen-bond acceptors (Lipinski definition) is 4. The molecule has 3 nitrogen and oxygen atoms in total. The Bertz CT molecular complexity index is 522. The quantitative estimate of drug-likeness (QED) is 0.628. The first-order chi connectivity index (χ1) is 9.22. The molecule has 2 rings (SSSR count). The van der Waals surface area contributed by atoms with Crippen molar-refractivity contribution in [1.82, 2.24) is 10.4 Å². The summed E-state index contributed by atoms with van der Waals surface area (Å²) in [5.41, 5.74) is 5.18. The number of pyridine rings is 1. The highest BCUT2D eigenvalue weighted by Crippen LogP contribution is 2.25. The monoisotopic (exact) mass is 275 g/mol. The number of nitrogens with two attached hydrogens (primary N) is 1. The van der Waals surface area contributed by atoms with E-state index in [1.54, 1.807) is 0 Å². The van der Waals surface area contributed by atoms with Crippen molar-refractivity contribution in [3.63, 3.8) is 0 Å². The van der Waals surface area contributed by atoms with E-state index >= 15 is 0 Å². The van der Waals surface area contributed by atoms with Crippen LogP contribution in [0.5, 0.6) is 0 Å². The lowest BCUT2D eigenvalue weighted by molar-refractivity contribution is 0.613. The third-order valence-electron chi connectivity index (χ3n) is 2.99. The van der Waals surface area contributed by atoms with E-state index in [4.69, 9.17) is 5.84 Å². The van der Waals surface area contributed by atoms with Crippen LogP contribution in [0.3, 0.4) is 0 Å². The van der Waals surface area contributed by atoms with Gasteiger partial charge in [-0.15, -0.1) is 0 Å². The highest BCUT2D eigenvalue weighted by molar-refractivity contribution is 7.99. The van der Waals surface area contributed by atoms with Gasteiger partial charge in [-0.25, -0.2) is 0 Å². The van der Waals surface area contributed by atoms with Crippen LogP contribution in [0, 0.1) is 5.92 Å². The van der Waals surface area contributed by atoms with Gasteiger partial charge in [0, 0.05) is 17.3 Å². The summed E-state index contributed by atoms with van der Waals surface area (Å²) in [7, 11) is 0. The first-order valence-electron chi connectivity index (χ1n) is 6.60. The molecule has 3 N–H and O–H groups in total. The van der Waals surface area contributed by atoms with E-state index < -0.39 is 0 Å². The fourth-order valence-electron chi connectivity index (χ4n) is 2.08. The first-order valence-corrected chi connectivity index (χ1v) is 7.75.